The van der Waals surface area contributed by atoms with Crippen LogP contribution in [-0.2, 0) is 16.1 Å². The number of aromatic nitrogens is 3. The van der Waals surface area contributed by atoms with Crippen LogP contribution in [0.2, 0.25) is 0 Å². The van der Waals surface area contributed by atoms with Gasteiger partial charge >= 0.3 is 0 Å². The molecule has 0 spiro atoms. The van der Waals surface area contributed by atoms with E-state index in [0.29, 0.717) is 23.3 Å². The number of hydrogen-bond acceptors (Lipinski definition) is 7. The minimum atomic E-state index is -0.0879. The van der Waals surface area contributed by atoms with Crippen molar-refractivity contribution in [3.05, 3.63) is 54.6 Å². The molecular formula is C24H25N5O3S. The molecule has 0 radical (unpaired) electrons. The second-order valence-electron chi connectivity index (χ2n) is 7.68. The lowest BCUT2D eigenvalue weighted by molar-refractivity contribution is -0.113. The van der Waals surface area contributed by atoms with E-state index >= 15 is 0 Å². The minimum Gasteiger partial charge on any atom is -0.453 e. The number of amides is 1. The van der Waals surface area contributed by atoms with Gasteiger partial charge in [0.05, 0.1) is 19.0 Å². The first-order chi connectivity index (χ1) is 16.2. The molecular weight excluding hydrogens is 438 g/mol. The van der Waals surface area contributed by atoms with Gasteiger partial charge in [-0.3, -0.25) is 9.36 Å². The number of morpholine rings is 1. The van der Waals surface area contributed by atoms with Crippen LogP contribution in [0, 0.1) is 0 Å². The number of benzene rings is 2. The molecule has 8 nitrogen and oxygen atoms in total. The highest BCUT2D eigenvalue weighted by Gasteiger charge is 2.18. The van der Waals surface area contributed by atoms with Crippen LogP contribution < -0.4 is 10.2 Å². The Morgan fingerprint density at radius 1 is 1.09 bits per heavy atom. The zero-order chi connectivity index (χ0) is 22.6. The Morgan fingerprint density at radius 3 is 2.64 bits per heavy atom. The summed E-state index contributed by atoms with van der Waals surface area (Å²) < 4.78 is 13.3. The molecule has 1 aliphatic heterocycles. The Kier molecular flexibility index (Phi) is 6.32. The SMILES string of the molecule is CCn1c(SCC(=O)Nc2ccc(N3CCOCC3)cc2)nnc1-c1cc2ccccc2o1. The first kappa shape index (κ1) is 21.5. The summed E-state index contributed by atoms with van der Waals surface area (Å²) in [7, 11) is 0. The van der Waals surface area contributed by atoms with E-state index in [2.05, 4.69) is 20.4 Å². The Morgan fingerprint density at radius 2 is 1.88 bits per heavy atom. The Labute approximate surface area is 195 Å². The third kappa shape index (κ3) is 4.74. The number of anilines is 2. The van der Waals surface area contributed by atoms with Crippen LogP contribution >= 0.6 is 11.8 Å². The van der Waals surface area contributed by atoms with Gasteiger partial charge in [-0.05, 0) is 43.3 Å². The van der Waals surface area contributed by atoms with Gasteiger partial charge in [-0.25, -0.2) is 0 Å². The number of ether oxygens (including phenoxy) is 1. The summed E-state index contributed by atoms with van der Waals surface area (Å²) in [6.45, 7) is 5.96. The minimum absolute atomic E-state index is 0.0879. The molecule has 0 bridgehead atoms. The Bertz CT molecular complexity index is 1210. The zero-order valence-electron chi connectivity index (χ0n) is 18.4. The third-order valence-corrected chi connectivity index (χ3v) is 6.51. The fourth-order valence-corrected chi connectivity index (χ4v) is 4.66. The summed E-state index contributed by atoms with van der Waals surface area (Å²) in [5.41, 5.74) is 2.73. The molecule has 0 aliphatic carbocycles. The van der Waals surface area contributed by atoms with Crippen LogP contribution in [0.5, 0.6) is 0 Å². The van der Waals surface area contributed by atoms with E-state index < -0.39 is 0 Å². The molecule has 170 valence electrons. The second-order valence-corrected chi connectivity index (χ2v) is 8.62. The molecule has 4 aromatic rings. The number of carbonyl (C=O) groups is 1. The molecule has 1 N–H and O–H groups in total. The average Bonchev–Trinajstić information content (AvgIpc) is 3.47. The molecule has 0 atom stereocenters. The van der Waals surface area contributed by atoms with Crippen molar-refractivity contribution in [2.75, 3.05) is 42.3 Å². The first-order valence-electron chi connectivity index (χ1n) is 11.0. The Balaban J connectivity index is 1.21. The normalized spacial score (nSPS) is 14.0. The number of hydrogen-bond donors (Lipinski definition) is 1. The summed E-state index contributed by atoms with van der Waals surface area (Å²) in [5, 5.41) is 13.3. The number of rotatable bonds is 7. The van der Waals surface area contributed by atoms with Crippen molar-refractivity contribution in [1.82, 2.24) is 14.8 Å². The fourth-order valence-electron chi connectivity index (χ4n) is 3.86. The number of nitrogens with one attached hydrogen (secondary N) is 1. The summed E-state index contributed by atoms with van der Waals surface area (Å²) in [5.74, 6) is 1.48. The molecule has 5 rings (SSSR count). The Hall–Kier alpha value is -3.30. The highest BCUT2D eigenvalue weighted by atomic mass is 32.2. The first-order valence-corrected chi connectivity index (χ1v) is 12.0. The van der Waals surface area contributed by atoms with Crippen molar-refractivity contribution >= 4 is 40.0 Å². The lowest BCUT2D eigenvalue weighted by Gasteiger charge is -2.28. The number of thioether (sulfide) groups is 1. The fraction of sp³-hybridized carbons (Fsp3) is 0.292. The number of carbonyl (C=O) groups excluding carboxylic acids is 1. The summed E-state index contributed by atoms with van der Waals surface area (Å²) in [4.78, 5) is 14.8. The van der Waals surface area contributed by atoms with Crippen LogP contribution in [0.25, 0.3) is 22.6 Å². The third-order valence-electron chi connectivity index (χ3n) is 5.54. The smallest absolute Gasteiger partial charge is 0.234 e. The van der Waals surface area contributed by atoms with Gasteiger partial charge < -0.3 is 19.4 Å². The highest BCUT2D eigenvalue weighted by Crippen LogP contribution is 2.29. The van der Waals surface area contributed by atoms with Gasteiger partial charge in [0.25, 0.3) is 0 Å². The predicted molar refractivity (Wildman–Crippen MR) is 130 cm³/mol. The summed E-state index contributed by atoms with van der Waals surface area (Å²) in [6, 6.07) is 17.7. The monoisotopic (exact) mass is 463 g/mol. The van der Waals surface area contributed by atoms with Crippen LogP contribution in [0.4, 0.5) is 11.4 Å². The summed E-state index contributed by atoms with van der Waals surface area (Å²) >= 11 is 1.36. The average molecular weight is 464 g/mol. The molecule has 1 fully saturated rings. The number of nitrogens with zero attached hydrogens (tertiary/aromatic N) is 4. The van der Waals surface area contributed by atoms with Gasteiger partial charge in [-0.15, -0.1) is 10.2 Å². The number of fused-ring (bicyclic) bond motifs is 1. The van der Waals surface area contributed by atoms with Gasteiger partial charge in [0.2, 0.25) is 11.7 Å². The van der Waals surface area contributed by atoms with Crippen molar-refractivity contribution in [3.63, 3.8) is 0 Å². The molecule has 1 aliphatic rings. The maximum Gasteiger partial charge on any atom is 0.234 e. The number of para-hydroxylation sites is 1. The van der Waals surface area contributed by atoms with Crippen molar-refractivity contribution in [3.8, 4) is 11.6 Å². The van der Waals surface area contributed by atoms with Crippen molar-refractivity contribution in [2.45, 2.75) is 18.6 Å². The van der Waals surface area contributed by atoms with Crippen LogP contribution in [-0.4, -0.2) is 52.7 Å². The molecule has 2 aromatic heterocycles. The van der Waals surface area contributed by atoms with Gasteiger partial charge in [0, 0.05) is 36.4 Å². The van der Waals surface area contributed by atoms with Crippen LogP contribution in [0.3, 0.4) is 0 Å². The largest absolute Gasteiger partial charge is 0.453 e. The lowest BCUT2D eigenvalue weighted by atomic mass is 10.2. The van der Waals surface area contributed by atoms with E-state index in [-0.39, 0.29) is 11.7 Å². The van der Waals surface area contributed by atoms with Crippen LogP contribution in [0.15, 0.2) is 64.2 Å². The maximum atomic E-state index is 12.5. The standard InChI is InChI=1S/C24H25N5O3S/c1-2-29-23(21-15-17-5-3-4-6-20(17)32-21)26-27-24(29)33-16-22(30)25-18-7-9-19(10-8-18)28-11-13-31-14-12-28/h3-10,15H,2,11-14,16H2,1H3,(H,25,30). The molecule has 1 amide bonds. The van der Waals surface area contributed by atoms with E-state index in [9.17, 15) is 4.79 Å². The number of furan rings is 1. The van der Waals surface area contributed by atoms with Gasteiger partial charge in [0.1, 0.15) is 5.58 Å². The van der Waals surface area contributed by atoms with Crippen molar-refractivity contribution in [1.29, 1.82) is 0 Å². The maximum absolute atomic E-state index is 12.5. The van der Waals surface area contributed by atoms with E-state index in [0.717, 1.165) is 48.6 Å². The lowest BCUT2D eigenvalue weighted by Crippen LogP contribution is -2.36. The molecule has 0 saturated carbocycles. The van der Waals surface area contributed by atoms with Crippen molar-refractivity contribution in [2.24, 2.45) is 0 Å². The van der Waals surface area contributed by atoms with Gasteiger partial charge in [-0.1, -0.05) is 30.0 Å². The topological polar surface area (TPSA) is 85.4 Å². The van der Waals surface area contributed by atoms with Gasteiger partial charge in [-0.2, -0.15) is 0 Å². The van der Waals surface area contributed by atoms with E-state index in [4.69, 9.17) is 9.15 Å². The van der Waals surface area contributed by atoms with E-state index in [1.54, 1.807) is 0 Å². The molecule has 1 saturated heterocycles. The van der Waals surface area contributed by atoms with E-state index in [1.807, 2.05) is 66.1 Å². The molecule has 33 heavy (non-hydrogen) atoms. The van der Waals surface area contributed by atoms with Gasteiger partial charge in [0.15, 0.2) is 10.9 Å². The van der Waals surface area contributed by atoms with Crippen LogP contribution in [0.1, 0.15) is 6.92 Å². The molecule has 9 heteroatoms. The molecule has 0 unspecified atom stereocenters. The zero-order valence-corrected chi connectivity index (χ0v) is 19.2. The summed E-state index contributed by atoms with van der Waals surface area (Å²) in [6.07, 6.45) is 0. The van der Waals surface area contributed by atoms with E-state index in [1.165, 1.54) is 11.8 Å². The highest BCUT2D eigenvalue weighted by molar-refractivity contribution is 7.99. The molecule has 2 aromatic carbocycles. The predicted octanol–water partition coefficient (Wildman–Crippen LogP) is 4.28. The second kappa shape index (κ2) is 9.68. The van der Waals surface area contributed by atoms with Crippen molar-refractivity contribution < 1.29 is 13.9 Å². The quantitative estimate of drug-likeness (QED) is 0.410. The molecule has 3 heterocycles.